The third-order valence-corrected chi connectivity index (χ3v) is 6.35. The number of H-pyrrole nitrogens is 1. The standard InChI is InChI=1S/C22H26ClN5O.C2HF3O2.H2O/c1-15(9-13-29)28-11-7-17(8-12-28)22-20(19-6-10-24-14-25-19)21(26-27-22)16-2-4-18(23)5-3-16;3-2(4,5)1(6)7;/h2-6,10,14-15,17,29H,7-9,11-13H2,1H3,(H,26,27);(H,6,7);1H2. The summed E-state index contributed by atoms with van der Waals surface area (Å²) < 4.78 is 31.7. The maximum atomic E-state index is 10.6. The second kappa shape index (κ2) is 13.5. The van der Waals surface area contributed by atoms with Gasteiger partial charge in [-0.15, -0.1) is 0 Å². The summed E-state index contributed by atoms with van der Waals surface area (Å²) in [5.74, 6) is -2.36. The average Bonchev–Trinajstić information content (AvgIpc) is 3.30. The minimum absolute atomic E-state index is 0. The predicted octanol–water partition coefficient (Wildman–Crippen LogP) is 3.95. The number of halogens is 4. The van der Waals surface area contributed by atoms with Crippen LogP contribution in [0.1, 0.15) is 37.8 Å². The molecule has 0 aliphatic carbocycles. The van der Waals surface area contributed by atoms with E-state index in [0.717, 1.165) is 60.6 Å². The third kappa shape index (κ3) is 7.96. The Balaban J connectivity index is 0.000000532. The molecule has 37 heavy (non-hydrogen) atoms. The molecular weight excluding hydrogens is 515 g/mol. The molecule has 9 nitrogen and oxygen atoms in total. The van der Waals surface area contributed by atoms with Crippen molar-refractivity contribution >= 4 is 17.6 Å². The number of alkyl halides is 3. The third-order valence-electron chi connectivity index (χ3n) is 6.10. The van der Waals surface area contributed by atoms with E-state index in [1.54, 1.807) is 12.5 Å². The Morgan fingerprint density at radius 3 is 2.35 bits per heavy atom. The molecule has 1 aliphatic heterocycles. The number of aromatic nitrogens is 4. The van der Waals surface area contributed by atoms with Crippen molar-refractivity contribution in [2.75, 3.05) is 19.7 Å². The SMILES string of the molecule is CC(CCO)N1CCC(c2[nH]nc(-c3ccc(Cl)cc3)c2-c2ccncn2)CC1.O.O=C(O)C(F)(F)F. The molecule has 1 fully saturated rings. The number of rotatable bonds is 6. The van der Waals surface area contributed by atoms with Gasteiger partial charge in [-0.05, 0) is 57.5 Å². The topological polar surface area (TPSA) is 147 Å². The second-order valence-corrected chi connectivity index (χ2v) is 8.87. The lowest BCUT2D eigenvalue weighted by Gasteiger charge is -2.35. The van der Waals surface area contributed by atoms with Gasteiger partial charge < -0.3 is 20.6 Å². The molecule has 3 heterocycles. The van der Waals surface area contributed by atoms with Crippen LogP contribution in [0.15, 0.2) is 42.9 Å². The Hall–Kier alpha value is -3.06. The number of nitrogens with one attached hydrogen (secondary N) is 1. The smallest absolute Gasteiger partial charge is 0.475 e. The highest BCUT2D eigenvalue weighted by Gasteiger charge is 2.38. The molecule has 5 N–H and O–H groups in total. The van der Waals surface area contributed by atoms with Crippen LogP contribution in [0, 0.1) is 0 Å². The zero-order valence-electron chi connectivity index (χ0n) is 20.0. The number of carboxylic acids is 1. The fraction of sp³-hybridized carbons (Fsp3) is 0.417. The zero-order chi connectivity index (χ0) is 26.3. The Labute approximate surface area is 216 Å². The molecule has 1 saturated heterocycles. The molecule has 0 saturated carbocycles. The molecule has 2 aromatic heterocycles. The van der Waals surface area contributed by atoms with Crippen LogP contribution in [-0.2, 0) is 4.79 Å². The quantitative estimate of drug-likeness (QED) is 0.426. The van der Waals surface area contributed by atoms with Crippen LogP contribution in [-0.4, -0.2) is 78.6 Å². The van der Waals surface area contributed by atoms with Crippen LogP contribution in [0.4, 0.5) is 13.2 Å². The minimum atomic E-state index is -5.08. The lowest BCUT2D eigenvalue weighted by molar-refractivity contribution is -0.192. The predicted molar refractivity (Wildman–Crippen MR) is 132 cm³/mol. The molecule has 1 unspecified atom stereocenters. The Bertz CT molecular complexity index is 1120. The number of carbonyl (C=O) groups is 1. The van der Waals surface area contributed by atoms with Crippen LogP contribution < -0.4 is 0 Å². The van der Waals surface area contributed by atoms with Crippen LogP contribution in [0.3, 0.4) is 0 Å². The first-order chi connectivity index (χ1) is 17.1. The average molecular weight is 544 g/mol. The van der Waals surface area contributed by atoms with Gasteiger partial charge in [0.25, 0.3) is 0 Å². The maximum absolute atomic E-state index is 10.6. The first kappa shape index (κ1) is 30.2. The normalized spacial score (nSPS) is 15.3. The summed E-state index contributed by atoms with van der Waals surface area (Å²) in [5.41, 5.74) is 4.98. The Kier molecular flexibility index (Phi) is 11.0. The van der Waals surface area contributed by atoms with E-state index < -0.39 is 12.1 Å². The van der Waals surface area contributed by atoms with E-state index in [-0.39, 0.29) is 12.1 Å². The molecule has 13 heteroatoms. The highest BCUT2D eigenvalue weighted by atomic mass is 35.5. The molecule has 3 aromatic rings. The second-order valence-electron chi connectivity index (χ2n) is 8.44. The number of aliphatic hydroxyl groups excluding tert-OH is 1. The van der Waals surface area contributed by atoms with E-state index >= 15 is 0 Å². The minimum Gasteiger partial charge on any atom is -0.475 e. The lowest BCUT2D eigenvalue weighted by atomic mass is 9.88. The molecule has 4 rings (SSSR count). The Morgan fingerprint density at radius 1 is 1.22 bits per heavy atom. The van der Waals surface area contributed by atoms with Crippen molar-refractivity contribution in [3.63, 3.8) is 0 Å². The summed E-state index contributed by atoms with van der Waals surface area (Å²) in [6, 6.07) is 10.1. The van der Waals surface area contributed by atoms with Gasteiger partial charge in [0.2, 0.25) is 0 Å². The van der Waals surface area contributed by atoms with Crippen LogP contribution in [0.25, 0.3) is 22.5 Å². The summed E-state index contributed by atoms with van der Waals surface area (Å²) in [7, 11) is 0. The van der Waals surface area contributed by atoms with E-state index in [0.29, 0.717) is 17.0 Å². The van der Waals surface area contributed by atoms with Crippen molar-refractivity contribution in [3.05, 3.63) is 53.6 Å². The van der Waals surface area contributed by atoms with Crippen molar-refractivity contribution < 1.29 is 33.7 Å². The van der Waals surface area contributed by atoms with E-state index in [4.69, 9.17) is 21.5 Å². The Morgan fingerprint density at radius 2 is 1.84 bits per heavy atom. The molecule has 0 spiro atoms. The number of carboxylic acid groups (broad SMARTS) is 1. The van der Waals surface area contributed by atoms with E-state index in [1.165, 1.54) is 0 Å². The molecule has 0 bridgehead atoms. The number of nitrogens with zero attached hydrogens (tertiary/aromatic N) is 4. The fourth-order valence-corrected chi connectivity index (χ4v) is 4.29. The van der Waals surface area contributed by atoms with Gasteiger partial charge in [-0.1, -0.05) is 23.7 Å². The van der Waals surface area contributed by atoms with Gasteiger partial charge >= 0.3 is 12.1 Å². The lowest BCUT2D eigenvalue weighted by Crippen LogP contribution is -2.40. The largest absolute Gasteiger partial charge is 0.490 e. The highest BCUT2D eigenvalue weighted by molar-refractivity contribution is 6.30. The molecule has 1 aliphatic rings. The summed E-state index contributed by atoms with van der Waals surface area (Å²) in [4.78, 5) is 19.9. The number of hydrogen-bond donors (Lipinski definition) is 3. The molecular formula is C24H29ClF3N5O4. The summed E-state index contributed by atoms with van der Waals surface area (Å²) >= 11 is 6.08. The molecule has 0 radical (unpaired) electrons. The highest BCUT2D eigenvalue weighted by Crippen LogP contribution is 2.39. The van der Waals surface area contributed by atoms with Gasteiger partial charge in [0.05, 0.1) is 5.69 Å². The van der Waals surface area contributed by atoms with Gasteiger partial charge in [-0.2, -0.15) is 18.3 Å². The number of aliphatic carboxylic acids is 1. The van der Waals surface area contributed by atoms with Crippen LogP contribution in [0.5, 0.6) is 0 Å². The first-order valence-electron chi connectivity index (χ1n) is 11.4. The van der Waals surface area contributed by atoms with E-state index in [1.807, 2.05) is 30.3 Å². The molecule has 202 valence electrons. The van der Waals surface area contributed by atoms with Crippen molar-refractivity contribution in [3.8, 4) is 22.5 Å². The van der Waals surface area contributed by atoms with Gasteiger partial charge in [0.1, 0.15) is 12.0 Å². The maximum Gasteiger partial charge on any atom is 0.490 e. The number of benzene rings is 1. The number of piperidine rings is 1. The van der Waals surface area contributed by atoms with Crippen LogP contribution in [0.2, 0.25) is 5.02 Å². The van der Waals surface area contributed by atoms with Crippen molar-refractivity contribution in [2.45, 2.75) is 44.3 Å². The summed E-state index contributed by atoms with van der Waals surface area (Å²) in [5, 5.41) is 25.1. The van der Waals surface area contributed by atoms with Crippen molar-refractivity contribution in [1.82, 2.24) is 25.1 Å². The number of aliphatic hydroxyl groups is 1. The van der Waals surface area contributed by atoms with Gasteiger partial charge in [-0.3, -0.25) is 5.10 Å². The molecule has 1 aromatic carbocycles. The molecule has 1 atom stereocenters. The number of aromatic amines is 1. The fourth-order valence-electron chi connectivity index (χ4n) is 4.16. The first-order valence-corrected chi connectivity index (χ1v) is 11.7. The van der Waals surface area contributed by atoms with Gasteiger partial charge in [0.15, 0.2) is 0 Å². The van der Waals surface area contributed by atoms with Gasteiger partial charge in [0, 0.05) is 46.6 Å². The monoisotopic (exact) mass is 543 g/mol. The van der Waals surface area contributed by atoms with Crippen molar-refractivity contribution in [2.24, 2.45) is 0 Å². The molecule has 0 amide bonds. The summed E-state index contributed by atoms with van der Waals surface area (Å²) in [6.45, 7) is 4.47. The van der Waals surface area contributed by atoms with Crippen LogP contribution >= 0.6 is 11.6 Å². The number of hydrogen-bond acceptors (Lipinski definition) is 6. The van der Waals surface area contributed by atoms with Crippen molar-refractivity contribution in [1.29, 1.82) is 0 Å². The van der Waals surface area contributed by atoms with E-state index in [9.17, 15) is 18.3 Å². The zero-order valence-corrected chi connectivity index (χ0v) is 20.8. The summed E-state index contributed by atoms with van der Waals surface area (Å²) in [6.07, 6.45) is 1.19. The van der Waals surface area contributed by atoms with Gasteiger partial charge in [-0.25, -0.2) is 14.8 Å². The van der Waals surface area contributed by atoms with E-state index in [2.05, 4.69) is 32.0 Å². The number of likely N-dealkylation sites (tertiary alicyclic amines) is 1.